The van der Waals surface area contributed by atoms with Crippen molar-refractivity contribution in [3.8, 4) is 0 Å². The Morgan fingerprint density at radius 3 is 2.62 bits per heavy atom. The van der Waals surface area contributed by atoms with Gasteiger partial charge in [0.05, 0.1) is 6.04 Å². The first-order valence-corrected chi connectivity index (χ1v) is 5.12. The Morgan fingerprint density at radius 1 is 1.62 bits per heavy atom. The van der Waals surface area contributed by atoms with Crippen LogP contribution in [0.5, 0.6) is 0 Å². The maximum Gasteiger partial charge on any atom is 0.239 e. The number of hydrogen-bond acceptors (Lipinski definition) is 2. The Labute approximate surface area is 80.3 Å². The van der Waals surface area contributed by atoms with E-state index in [-0.39, 0.29) is 11.9 Å². The van der Waals surface area contributed by atoms with E-state index in [1.54, 1.807) is 0 Å². The Hall–Kier alpha value is -0.570. The summed E-state index contributed by atoms with van der Waals surface area (Å²) >= 11 is 0. The number of amides is 1. The Bertz CT molecular complexity index is 193. The number of nitrogens with two attached hydrogens (primary N) is 1. The number of hydrogen-bond donors (Lipinski definition) is 1. The molecule has 1 aliphatic heterocycles. The van der Waals surface area contributed by atoms with Crippen LogP contribution in [0.1, 0.15) is 33.6 Å². The number of carbonyl (C=O) groups excluding carboxylic acids is 1. The fraction of sp³-hybridized carbons (Fsp3) is 0.900. The first-order valence-electron chi connectivity index (χ1n) is 5.12. The molecule has 3 heteroatoms. The summed E-state index contributed by atoms with van der Waals surface area (Å²) in [5.74, 6) is 0.752. The van der Waals surface area contributed by atoms with Crippen LogP contribution in [-0.4, -0.2) is 29.4 Å². The molecular formula is C10H20N2O. The number of rotatable bonds is 2. The van der Waals surface area contributed by atoms with Crippen molar-refractivity contribution in [2.45, 2.75) is 45.7 Å². The van der Waals surface area contributed by atoms with Crippen LogP contribution < -0.4 is 5.73 Å². The van der Waals surface area contributed by atoms with Crippen LogP contribution in [0.15, 0.2) is 0 Å². The van der Waals surface area contributed by atoms with Gasteiger partial charge in [0, 0.05) is 12.6 Å². The van der Waals surface area contributed by atoms with E-state index in [1.807, 2.05) is 11.8 Å². The van der Waals surface area contributed by atoms with Crippen LogP contribution in [0.3, 0.4) is 0 Å². The van der Waals surface area contributed by atoms with Crippen LogP contribution in [0.25, 0.3) is 0 Å². The second kappa shape index (κ2) is 4.09. The summed E-state index contributed by atoms with van der Waals surface area (Å²) in [4.78, 5) is 13.7. The second-order valence-corrected chi connectivity index (χ2v) is 4.20. The van der Waals surface area contributed by atoms with Crippen molar-refractivity contribution in [2.24, 2.45) is 11.7 Å². The van der Waals surface area contributed by atoms with Crippen molar-refractivity contribution < 1.29 is 4.79 Å². The number of likely N-dealkylation sites (tertiary alicyclic amines) is 1. The van der Waals surface area contributed by atoms with Crippen molar-refractivity contribution >= 4 is 5.91 Å². The molecule has 1 fully saturated rings. The summed E-state index contributed by atoms with van der Waals surface area (Å²) in [6.07, 6.45) is 1.85. The molecule has 1 heterocycles. The molecule has 76 valence electrons. The van der Waals surface area contributed by atoms with Gasteiger partial charge in [-0.05, 0) is 25.7 Å². The predicted molar refractivity (Wildman–Crippen MR) is 53.2 cm³/mol. The fourth-order valence-electron chi connectivity index (χ4n) is 1.99. The van der Waals surface area contributed by atoms with E-state index in [0.29, 0.717) is 12.0 Å². The van der Waals surface area contributed by atoms with Gasteiger partial charge in [-0.3, -0.25) is 4.79 Å². The molecule has 0 aromatic heterocycles. The van der Waals surface area contributed by atoms with Crippen LogP contribution in [0.2, 0.25) is 0 Å². The Balaban J connectivity index is 2.57. The Morgan fingerprint density at radius 2 is 2.23 bits per heavy atom. The highest BCUT2D eigenvalue weighted by atomic mass is 16.2. The van der Waals surface area contributed by atoms with Gasteiger partial charge in [0.2, 0.25) is 5.91 Å². The molecule has 0 aromatic rings. The maximum absolute atomic E-state index is 11.7. The van der Waals surface area contributed by atoms with Gasteiger partial charge < -0.3 is 10.6 Å². The summed E-state index contributed by atoms with van der Waals surface area (Å²) in [7, 11) is 0. The van der Waals surface area contributed by atoms with Gasteiger partial charge in [-0.1, -0.05) is 13.8 Å². The smallest absolute Gasteiger partial charge is 0.239 e. The zero-order valence-corrected chi connectivity index (χ0v) is 8.79. The first kappa shape index (κ1) is 10.5. The number of carbonyl (C=O) groups is 1. The molecule has 2 unspecified atom stereocenters. The molecule has 0 radical (unpaired) electrons. The molecule has 2 N–H and O–H groups in total. The van der Waals surface area contributed by atoms with E-state index in [9.17, 15) is 4.79 Å². The highest BCUT2D eigenvalue weighted by Gasteiger charge is 2.31. The minimum atomic E-state index is -0.298. The molecule has 3 atom stereocenters. The summed E-state index contributed by atoms with van der Waals surface area (Å²) in [5.41, 5.74) is 5.71. The fourth-order valence-corrected chi connectivity index (χ4v) is 1.99. The zero-order valence-electron chi connectivity index (χ0n) is 8.79. The maximum atomic E-state index is 11.7. The molecule has 0 spiro atoms. The third kappa shape index (κ3) is 2.21. The summed E-state index contributed by atoms with van der Waals surface area (Å²) in [6, 6.07) is 0.0767. The highest BCUT2D eigenvalue weighted by Crippen LogP contribution is 2.22. The van der Waals surface area contributed by atoms with E-state index in [1.165, 1.54) is 0 Å². The topological polar surface area (TPSA) is 46.3 Å². The molecule has 1 saturated heterocycles. The normalized spacial score (nSPS) is 30.6. The van der Waals surface area contributed by atoms with Crippen molar-refractivity contribution in [3.05, 3.63) is 0 Å². The quantitative estimate of drug-likeness (QED) is 0.695. The van der Waals surface area contributed by atoms with Crippen molar-refractivity contribution in [3.63, 3.8) is 0 Å². The largest absolute Gasteiger partial charge is 0.338 e. The molecule has 3 nitrogen and oxygen atoms in total. The second-order valence-electron chi connectivity index (χ2n) is 4.20. The van der Waals surface area contributed by atoms with E-state index >= 15 is 0 Å². The lowest BCUT2D eigenvalue weighted by molar-refractivity contribution is -0.133. The minimum absolute atomic E-state index is 0.124. The first-order chi connectivity index (χ1) is 6.06. The number of nitrogens with zero attached hydrogens (tertiary/aromatic N) is 1. The third-order valence-electron chi connectivity index (χ3n) is 2.82. The van der Waals surface area contributed by atoms with Crippen LogP contribution in [-0.2, 0) is 4.79 Å². The molecular weight excluding hydrogens is 164 g/mol. The van der Waals surface area contributed by atoms with Gasteiger partial charge in [-0.15, -0.1) is 0 Å². The summed E-state index contributed by atoms with van der Waals surface area (Å²) < 4.78 is 0. The molecule has 0 bridgehead atoms. The van der Waals surface area contributed by atoms with Crippen molar-refractivity contribution in [1.82, 2.24) is 4.90 Å². The molecule has 0 aliphatic carbocycles. The molecule has 13 heavy (non-hydrogen) atoms. The molecule has 0 aromatic carbocycles. The third-order valence-corrected chi connectivity index (χ3v) is 2.82. The standard InChI is InChI=1S/C10H20N2O/c1-4-9(11)10(13)12-6-7(2)5-8(12)3/h7-9H,4-6,11H2,1-3H3/t7?,8?,9-/m1/s1. The van der Waals surface area contributed by atoms with E-state index in [4.69, 9.17) is 5.73 Å². The predicted octanol–water partition coefficient (Wildman–Crippen LogP) is 0.981. The SMILES string of the molecule is CC[C@@H](N)C(=O)N1CC(C)CC1C. The van der Waals surface area contributed by atoms with Gasteiger partial charge in [-0.2, -0.15) is 0 Å². The van der Waals surface area contributed by atoms with E-state index < -0.39 is 0 Å². The highest BCUT2D eigenvalue weighted by molar-refractivity contribution is 5.82. The lowest BCUT2D eigenvalue weighted by Crippen LogP contribution is -2.44. The van der Waals surface area contributed by atoms with Gasteiger partial charge in [0.15, 0.2) is 0 Å². The summed E-state index contributed by atoms with van der Waals surface area (Å²) in [5, 5.41) is 0. The van der Waals surface area contributed by atoms with Crippen LogP contribution in [0.4, 0.5) is 0 Å². The monoisotopic (exact) mass is 184 g/mol. The molecule has 1 rings (SSSR count). The molecule has 0 saturated carbocycles. The van der Waals surface area contributed by atoms with E-state index in [2.05, 4.69) is 13.8 Å². The lowest BCUT2D eigenvalue weighted by Gasteiger charge is -2.24. The average molecular weight is 184 g/mol. The van der Waals surface area contributed by atoms with Crippen LogP contribution >= 0.6 is 0 Å². The van der Waals surface area contributed by atoms with Crippen LogP contribution in [0, 0.1) is 5.92 Å². The van der Waals surface area contributed by atoms with Gasteiger partial charge in [0.1, 0.15) is 0 Å². The zero-order chi connectivity index (χ0) is 10.0. The molecule has 1 aliphatic rings. The van der Waals surface area contributed by atoms with Crippen molar-refractivity contribution in [2.75, 3.05) is 6.54 Å². The molecule has 1 amide bonds. The van der Waals surface area contributed by atoms with Gasteiger partial charge >= 0.3 is 0 Å². The minimum Gasteiger partial charge on any atom is -0.338 e. The lowest BCUT2D eigenvalue weighted by atomic mass is 10.1. The average Bonchev–Trinajstić information content (AvgIpc) is 2.42. The summed E-state index contributed by atoms with van der Waals surface area (Å²) in [6.45, 7) is 7.12. The Kier molecular flexibility index (Phi) is 3.31. The van der Waals surface area contributed by atoms with Gasteiger partial charge in [0.25, 0.3) is 0 Å². The van der Waals surface area contributed by atoms with Crippen molar-refractivity contribution in [1.29, 1.82) is 0 Å². The van der Waals surface area contributed by atoms with E-state index in [0.717, 1.165) is 19.4 Å². The van der Waals surface area contributed by atoms with Gasteiger partial charge in [-0.25, -0.2) is 0 Å².